The molecule has 3 rings (SSSR count). The largest absolute Gasteiger partial charge is 0.361 e. The highest BCUT2D eigenvalue weighted by atomic mass is 16.1. The Bertz CT molecular complexity index is 626. The first kappa shape index (κ1) is 15.1. The highest BCUT2D eigenvalue weighted by Gasteiger charge is 2.18. The van der Waals surface area contributed by atoms with Gasteiger partial charge in [0.15, 0.2) is 0 Å². The number of aromatic nitrogens is 1. The summed E-state index contributed by atoms with van der Waals surface area (Å²) < 4.78 is 0. The fourth-order valence-corrected chi connectivity index (χ4v) is 3.23. The van der Waals surface area contributed by atoms with Gasteiger partial charge < -0.3 is 15.2 Å². The van der Waals surface area contributed by atoms with Gasteiger partial charge in [0.1, 0.15) is 0 Å². The van der Waals surface area contributed by atoms with Crippen molar-refractivity contribution in [3.05, 3.63) is 36.0 Å². The van der Waals surface area contributed by atoms with Crippen LogP contribution in [-0.2, 0) is 11.2 Å². The van der Waals surface area contributed by atoms with Crippen molar-refractivity contribution in [1.29, 1.82) is 0 Å². The average Bonchev–Trinajstić information content (AvgIpc) is 2.93. The number of carbonyl (C=O) groups is 1. The number of nitrogens with one attached hydrogen (secondary N) is 2. The third kappa shape index (κ3) is 3.69. The molecule has 0 saturated carbocycles. The van der Waals surface area contributed by atoms with Gasteiger partial charge in [0.25, 0.3) is 0 Å². The zero-order valence-electron chi connectivity index (χ0n) is 13.3. The van der Waals surface area contributed by atoms with Gasteiger partial charge in [0.05, 0.1) is 0 Å². The predicted molar refractivity (Wildman–Crippen MR) is 89.9 cm³/mol. The summed E-state index contributed by atoms with van der Waals surface area (Å²) in [6, 6.07) is 8.70. The van der Waals surface area contributed by atoms with Gasteiger partial charge in [-0.2, -0.15) is 0 Å². The number of fused-ring (bicyclic) bond motifs is 1. The highest BCUT2D eigenvalue weighted by Crippen LogP contribution is 2.19. The van der Waals surface area contributed by atoms with E-state index >= 15 is 0 Å². The predicted octanol–water partition coefficient (Wildman–Crippen LogP) is 2.70. The second-order valence-electron chi connectivity index (χ2n) is 6.36. The maximum absolute atomic E-state index is 12.1. The Morgan fingerprint density at radius 2 is 2.09 bits per heavy atom. The SMILES string of the molecule is CN1CCC(NC(=O)CCCc2c[nH]c3ccccc23)CC1. The van der Waals surface area contributed by atoms with Crippen LogP contribution in [0.1, 0.15) is 31.2 Å². The monoisotopic (exact) mass is 299 g/mol. The van der Waals surface area contributed by atoms with Crippen molar-refractivity contribution in [2.24, 2.45) is 0 Å². The maximum Gasteiger partial charge on any atom is 0.220 e. The van der Waals surface area contributed by atoms with Gasteiger partial charge in [-0.15, -0.1) is 0 Å². The molecule has 1 saturated heterocycles. The Kier molecular flexibility index (Phi) is 4.78. The Hall–Kier alpha value is -1.81. The number of aromatic amines is 1. The summed E-state index contributed by atoms with van der Waals surface area (Å²) in [7, 11) is 2.14. The molecule has 2 heterocycles. The second-order valence-corrected chi connectivity index (χ2v) is 6.36. The van der Waals surface area contributed by atoms with Crippen LogP contribution in [0.25, 0.3) is 10.9 Å². The fourth-order valence-electron chi connectivity index (χ4n) is 3.23. The lowest BCUT2D eigenvalue weighted by Gasteiger charge is -2.29. The molecule has 0 unspecified atom stereocenters. The van der Waals surface area contributed by atoms with E-state index in [1.807, 2.05) is 6.07 Å². The number of likely N-dealkylation sites (tertiary alicyclic amines) is 1. The number of para-hydroxylation sites is 1. The first-order valence-electron chi connectivity index (χ1n) is 8.25. The molecule has 1 aromatic carbocycles. The zero-order valence-corrected chi connectivity index (χ0v) is 13.3. The van der Waals surface area contributed by atoms with Crippen molar-refractivity contribution in [2.75, 3.05) is 20.1 Å². The normalized spacial score (nSPS) is 17.0. The summed E-state index contributed by atoms with van der Waals surface area (Å²) in [4.78, 5) is 17.7. The van der Waals surface area contributed by atoms with Gasteiger partial charge >= 0.3 is 0 Å². The minimum absolute atomic E-state index is 0.203. The molecule has 1 aliphatic rings. The lowest BCUT2D eigenvalue weighted by Crippen LogP contribution is -2.43. The van der Waals surface area contributed by atoms with E-state index in [2.05, 4.69) is 46.6 Å². The van der Waals surface area contributed by atoms with Crippen molar-refractivity contribution < 1.29 is 4.79 Å². The standard InChI is InChI=1S/C18H25N3O/c1-21-11-9-15(10-12-21)20-18(22)8-4-5-14-13-19-17-7-3-2-6-16(14)17/h2-3,6-7,13,15,19H,4-5,8-12H2,1H3,(H,20,22). The number of amides is 1. The Morgan fingerprint density at radius 3 is 2.91 bits per heavy atom. The van der Waals surface area contributed by atoms with Gasteiger partial charge in [-0.05, 0) is 57.5 Å². The molecule has 1 aliphatic heterocycles. The lowest BCUT2D eigenvalue weighted by atomic mass is 10.0. The quantitative estimate of drug-likeness (QED) is 0.892. The molecular formula is C18H25N3O. The van der Waals surface area contributed by atoms with E-state index in [1.54, 1.807) is 0 Å². The van der Waals surface area contributed by atoms with Crippen molar-refractivity contribution in [1.82, 2.24) is 15.2 Å². The third-order valence-corrected chi connectivity index (χ3v) is 4.61. The van der Waals surface area contributed by atoms with Gasteiger partial charge in [-0.25, -0.2) is 0 Å². The summed E-state index contributed by atoms with van der Waals surface area (Å²) in [5.41, 5.74) is 2.48. The minimum atomic E-state index is 0.203. The smallest absolute Gasteiger partial charge is 0.220 e. The van der Waals surface area contributed by atoms with Crippen LogP contribution in [-0.4, -0.2) is 42.0 Å². The van der Waals surface area contributed by atoms with Crippen LogP contribution in [0.5, 0.6) is 0 Å². The van der Waals surface area contributed by atoms with E-state index < -0.39 is 0 Å². The number of carbonyl (C=O) groups excluding carboxylic acids is 1. The number of hydrogen-bond acceptors (Lipinski definition) is 2. The maximum atomic E-state index is 12.1. The van der Waals surface area contributed by atoms with Crippen molar-refractivity contribution in [3.63, 3.8) is 0 Å². The Morgan fingerprint density at radius 1 is 1.32 bits per heavy atom. The molecule has 1 amide bonds. The molecule has 1 aromatic heterocycles. The van der Waals surface area contributed by atoms with Crippen LogP contribution in [0.15, 0.2) is 30.5 Å². The molecule has 1 fully saturated rings. The highest BCUT2D eigenvalue weighted by molar-refractivity contribution is 5.83. The number of piperidine rings is 1. The number of nitrogens with zero attached hydrogens (tertiary/aromatic N) is 1. The van der Waals surface area contributed by atoms with E-state index in [1.165, 1.54) is 16.5 Å². The van der Waals surface area contributed by atoms with Crippen molar-refractivity contribution in [2.45, 2.75) is 38.1 Å². The molecule has 0 bridgehead atoms. The number of H-pyrrole nitrogens is 1. The molecule has 0 aliphatic carbocycles. The van der Waals surface area contributed by atoms with E-state index in [0.717, 1.165) is 38.8 Å². The molecule has 0 radical (unpaired) electrons. The van der Waals surface area contributed by atoms with Crippen molar-refractivity contribution >= 4 is 16.8 Å². The summed E-state index contributed by atoms with van der Waals surface area (Å²) in [5, 5.41) is 4.46. The van der Waals surface area contributed by atoms with Gasteiger partial charge in [-0.1, -0.05) is 18.2 Å². The van der Waals surface area contributed by atoms with Crippen LogP contribution in [0, 0.1) is 0 Å². The van der Waals surface area contributed by atoms with Gasteiger partial charge in [0.2, 0.25) is 5.91 Å². The molecule has 0 spiro atoms. The van der Waals surface area contributed by atoms with E-state index in [-0.39, 0.29) is 5.91 Å². The molecule has 2 N–H and O–H groups in total. The van der Waals surface area contributed by atoms with Crippen LogP contribution < -0.4 is 5.32 Å². The summed E-state index contributed by atoms with van der Waals surface area (Å²) in [5.74, 6) is 0.203. The van der Waals surface area contributed by atoms with Crippen LogP contribution in [0.4, 0.5) is 0 Å². The molecule has 4 heteroatoms. The van der Waals surface area contributed by atoms with E-state index in [0.29, 0.717) is 12.5 Å². The average molecular weight is 299 g/mol. The molecular weight excluding hydrogens is 274 g/mol. The summed E-state index contributed by atoms with van der Waals surface area (Å²) >= 11 is 0. The number of rotatable bonds is 5. The lowest BCUT2D eigenvalue weighted by molar-refractivity contribution is -0.122. The Balaban J connectivity index is 1.44. The molecule has 4 nitrogen and oxygen atoms in total. The number of benzene rings is 1. The van der Waals surface area contributed by atoms with Crippen LogP contribution in [0.3, 0.4) is 0 Å². The Labute approximate surface area is 131 Å². The van der Waals surface area contributed by atoms with Gasteiger partial charge in [0, 0.05) is 29.6 Å². The summed E-state index contributed by atoms with van der Waals surface area (Å²) in [6.07, 6.45) is 6.69. The minimum Gasteiger partial charge on any atom is -0.361 e. The van der Waals surface area contributed by atoms with Crippen LogP contribution >= 0.6 is 0 Å². The first-order valence-corrected chi connectivity index (χ1v) is 8.25. The third-order valence-electron chi connectivity index (χ3n) is 4.61. The van der Waals surface area contributed by atoms with E-state index in [4.69, 9.17) is 0 Å². The zero-order chi connectivity index (χ0) is 15.4. The molecule has 118 valence electrons. The fraction of sp³-hybridized carbons (Fsp3) is 0.500. The molecule has 22 heavy (non-hydrogen) atoms. The number of hydrogen-bond donors (Lipinski definition) is 2. The summed E-state index contributed by atoms with van der Waals surface area (Å²) in [6.45, 7) is 2.17. The van der Waals surface area contributed by atoms with Gasteiger partial charge in [-0.3, -0.25) is 4.79 Å². The number of aryl methyl sites for hydroxylation is 1. The topological polar surface area (TPSA) is 48.1 Å². The molecule has 0 atom stereocenters. The molecule has 2 aromatic rings. The van der Waals surface area contributed by atoms with Crippen LogP contribution in [0.2, 0.25) is 0 Å². The second kappa shape index (κ2) is 6.97. The van der Waals surface area contributed by atoms with E-state index in [9.17, 15) is 4.79 Å². The van der Waals surface area contributed by atoms with Crippen molar-refractivity contribution in [3.8, 4) is 0 Å². The first-order chi connectivity index (χ1) is 10.7.